The van der Waals surface area contributed by atoms with Crippen molar-refractivity contribution in [2.75, 3.05) is 7.05 Å². The van der Waals surface area contributed by atoms with Crippen molar-refractivity contribution in [2.24, 2.45) is 0 Å². The number of nitrogens with one attached hydrogen (secondary N) is 2. The van der Waals surface area contributed by atoms with Crippen LogP contribution in [0.25, 0.3) is 0 Å². The Labute approximate surface area is 70.4 Å². The Morgan fingerprint density at radius 1 is 1.75 bits per heavy atom. The Kier molecular flexibility index (Phi) is 2.32. The summed E-state index contributed by atoms with van der Waals surface area (Å²) in [6, 6.07) is -0.226. The van der Waals surface area contributed by atoms with Gasteiger partial charge in [-0.1, -0.05) is 0 Å². The predicted molar refractivity (Wildman–Crippen MR) is 43.0 cm³/mol. The van der Waals surface area contributed by atoms with Crippen molar-refractivity contribution < 1.29 is 9.59 Å². The van der Waals surface area contributed by atoms with Crippen LogP contribution in [-0.4, -0.2) is 30.1 Å². The van der Waals surface area contributed by atoms with Gasteiger partial charge < -0.3 is 15.5 Å². The third kappa shape index (κ3) is 1.98. The lowest BCUT2D eigenvalue weighted by Crippen LogP contribution is -2.51. The fourth-order valence-corrected chi connectivity index (χ4v) is 0.869. The fraction of sp³-hybridized carbons (Fsp3) is 0.429. The van der Waals surface area contributed by atoms with Gasteiger partial charge in [0.15, 0.2) is 0 Å². The molecule has 0 saturated heterocycles. The molecule has 1 unspecified atom stereocenters. The van der Waals surface area contributed by atoms with Crippen molar-refractivity contribution in [3.63, 3.8) is 0 Å². The maximum Gasteiger partial charge on any atom is 0.322 e. The van der Waals surface area contributed by atoms with E-state index in [2.05, 4.69) is 10.6 Å². The highest BCUT2D eigenvalue weighted by Crippen LogP contribution is 1.96. The van der Waals surface area contributed by atoms with Crippen LogP contribution in [0.1, 0.15) is 6.92 Å². The number of amides is 3. The molecule has 1 heterocycles. The van der Waals surface area contributed by atoms with Crippen LogP contribution in [-0.2, 0) is 4.79 Å². The maximum atomic E-state index is 11.0. The van der Waals surface area contributed by atoms with Crippen LogP contribution in [0.5, 0.6) is 0 Å². The molecule has 1 atom stereocenters. The van der Waals surface area contributed by atoms with Gasteiger partial charge in [0.05, 0.1) is 0 Å². The van der Waals surface area contributed by atoms with Crippen LogP contribution < -0.4 is 10.6 Å². The molecule has 0 fully saturated rings. The third-order valence-corrected chi connectivity index (χ3v) is 1.46. The van der Waals surface area contributed by atoms with Gasteiger partial charge in [0.1, 0.15) is 6.17 Å². The first-order valence-electron chi connectivity index (χ1n) is 3.58. The summed E-state index contributed by atoms with van der Waals surface area (Å²) >= 11 is 0. The number of carbonyl (C=O) groups excluding carboxylic acids is 2. The van der Waals surface area contributed by atoms with Gasteiger partial charge in [-0.3, -0.25) is 4.79 Å². The summed E-state index contributed by atoms with van der Waals surface area (Å²) in [5.74, 6) is -0.172. The van der Waals surface area contributed by atoms with Crippen LogP contribution in [0.2, 0.25) is 0 Å². The molecule has 0 aliphatic carbocycles. The Hall–Kier alpha value is -1.52. The molecule has 0 spiro atoms. The molecule has 5 nitrogen and oxygen atoms in total. The lowest BCUT2D eigenvalue weighted by Gasteiger charge is -2.24. The third-order valence-electron chi connectivity index (χ3n) is 1.46. The highest BCUT2D eigenvalue weighted by Gasteiger charge is 2.16. The lowest BCUT2D eigenvalue weighted by molar-refractivity contribution is -0.119. The lowest BCUT2D eigenvalue weighted by atomic mass is 10.4. The monoisotopic (exact) mass is 169 g/mol. The molecule has 12 heavy (non-hydrogen) atoms. The van der Waals surface area contributed by atoms with Gasteiger partial charge in [0, 0.05) is 20.2 Å². The summed E-state index contributed by atoms with van der Waals surface area (Å²) in [6.07, 6.45) is 2.92. The van der Waals surface area contributed by atoms with E-state index in [1.807, 2.05) is 0 Å². The molecular formula is C7H11N3O2. The van der Waals surface area contributed by atoms with Gasteiger partial charge >= 0.3 is 6.03 Å². The van der Waals surface area contributed by atoms with E-state index in [0.717, 1.165) is 0 Å². The molecule has 0 aromatic carbocycles. The standard InChI is InChI=1S/C7H11N3O2/c1-5(11)8-6-3-4-10(2)7(12)9-6/h3-4,6H,1-2H3,(H,8,11)(H,9,12). The van der Waals surface area contributed by atoms with Crippen molar-refractivity contribution in [2.45, 2.75) is 13.1 Å². The quantitative estimate of drug-likeness (QED) is 0.562. The molecule has 0 radical (unpaired) electrons. The average molecular weight is 169 g/mol. The van der Waals surface area contributed by atoms with Crippen LogP contribution in [0.3, 0.4) is 0 Å². The first-order chi connectivity index (χ1) is 5.59. The van der Waals surface area contributed by atoms with Crippen molar-refractivity contribution in [1.29, 1.82) is 0 Å². The Morgan fingerprint density at radius 3 is 2.92 bits per heavy atom. The number of rotatable bonds is 1. The highest BCUT2D eigenvalue weighted by atomic mass is 16.2. The first-order valence-corrected chi connectivity index (χ1v) is 3.58. The van der Waals surface area contributed by atoms with Gasteiger partial charge in [-0.25, -0.2) is 4.79 Å². The molecule has 1 aliphatic heterocycles. The molecule has 66 valence electrons. The topological polar surface area (TPSA) is 61.4 Å². The summed E-state index contributed by atoms with van der Waals surface area (Å²) < 4.78 is 0. The molecule has 5 heteroatoms. The minimum Gasteiger partial charge on any atom is -0.333 e. The van der Waals surface area contributed by atoms with Crippen LogP contribution in [0.15, 0.2) is 12.3 Å². The van der Waals surface area contributed by atoms with Crippen LogP contribution in [0, 0.1) is 0 Å². The summed E-state index contributed by atoms with van der Waals surface area (Å²) in [6.45, 7) is 1.40. The van der Waals surface area contributed by atoms with E-state index in [-0.39, 0.29) is 18.1 Å². The summed E-state index contributed by atoms with van der Waals surface area (Å²) in [4.78, 5) is 23.0. The second kappa shape index (κ2) is 3.25. The largest absolute Gasteiger partial charge is 0.333 e. The predicted octanol–water partition coefficient (Wildman–Crippen LogP) is -0.383. The zero-order chi connectivity index (χ0) is 9.14. The molecule has 2 N–H and O–H groups in total. The number of hydrogen-bond donors (Lipinski definition) is 2. The van der Waals surface area contributed by atoms with Crippen molar-refractivity contribution >= 4 is 11.9 Å². The van der Waals surface area contributed by atoms with E-state index in [1.165, 1.54) is 11.8 Å². The Balaban J connectivity index is 2.55. The van der Waals surface area contributed by atoms with Gasteiger partial charge in [0.25, 0.3) is 0 Å². The highest BCUT2D eigenvalue weighted by molar-refractivity contribution is 5.79. The molecule has 1 aliphatic rings. The molecule has 0 aromatic rings. The summed E-state index contributed by atoms with van der Waals surface area (Å²) in [5, 5.41) is 5.11. The number of urea groups is 1. The van der Waals surface area contributed by atoms with Gasteiger partial charge in [-0.15, -0.1) is 0 Å². The molecule has 0 bridgehead atoms. The summed E-state index contributed by atoms with van der Waals surface area (Å²) in [5.41, 5.74) is 0. The number of nitrogens with zero attached hydrogens (tertiary/aromatic N) is 1. The average Bonchev–Trinajstić information content (AvgIpc) is 1.96. The van der Waals surface area contributed by atoms with Gasteiger partial charge in [0.2, 0.25) is 5.91 Å². The van der Waals surface area contributed by atoms with Gasteiger partial charge in [-0.05, 0) is 6.08 Å². The summed E-state index contributed by atoms with van der Waals surface area (Å²) in [7, 11) is 1.63. The maximum absolute atomic E-state index is 11.0. The Morgan fingerprint density at radius 2 is 2.42 bits per heavy atom. The number of hydrogen-bond acceptors (Lipinski definition) is 2. The zero-order valence-corrected chi connectivity index (χ0v) is 7.00. The molecular weight excluding hydrogens is 158 g/mol. The van der Waals surface area contributed by atoms with E-state index in [4.69, 9.17) is 0 Å². The second-order valence-electron chi connectivity index (χ2n) is 2.58. The van der Waals surface area contributed by atoms with Crippen molar-refractivity contribution in [1.82, 2.24) is 15.5 Å². The smallest absolute Gasteiger partial charge is 0.322 e. The second-order valence-corrected chi connectivity index (χ2v) is 2.58. The van der Waals surface area contributed by atoms with Crippen LogP contribution >= 0.6 is 0 Å². The minimum atomic E-state index is -0.383. The van der Waals surface area contributed by atoms with Crippen molar-refractivity contribution in [3.05, 3.63) is 12.3 Å². The van der Waals surface area contributed by atoms with E-state index < -0.39 is 0 Å². The number of carbonyl (C=O) groups is 2. The SMILES string of the molecule is CC(=O)NC1C=CN(C)C(=O)N1. The van der Waals surface area contributed by atoms with E-state index in [9.17, 15) is 9.59 Å². The molecule has 3 amide bonds. The molecule has 0 saturated carbocycles. The van der Waals surface area contributed by atoms with Crippen molar-refractivity contribution in [3.8, 4) is 0 Å². The Bertz CT molecular complexity index is 237. The molecule has 0 aromatic heterocycles. The first kappa shape index (κ1) is 8.58. The van der Waals surface area contributed by atoms with E-state index in [1.54, 1.807) is 19.3 Å². The minimum absolute atomic E-state index is 0.172. The van der Waals surface area contributed by atoms with Gasteiger partial charge in [-0.2, -0.15) is 0 Å². The van der Waals surface area contributed by atoms with E-state index in [0.29, 0.717) is 0 Å². The van der Waals surface area contributed by atoms with E-state index >= 15 is 0 Å². The fourth-order valence-electron chi connectivity index (χ4n) is 0.869. The van der Waals surface area contributed by atoms with Crippen LogP contribution in [0.4, 0.5) is 4.79 Å². The molecule has 1 rings (SSSR count). The zero-order valence-electron chi connectivity index (χ0n) is 7.00. The normalized spacial score (nSPS) is 22.0.